The molecule has 0 amide bonds. The Morgan fingerprint density at radius 3 is 2.95 bits per heavy atom. The normalized spacial score (nSPS) is 29.7. The highest BCUT2D eigenvalue weighted by atomic mass is 16.7. The Labute approximate surface area is 121 Å². The van der Waals surface area contributed by atoms with Crippen molar-refractivity contribution in [3.8, 4) is 11.5 Å². The van der Waals surface area contributed by atoms with E-state index in [1.54, 1.807) is 7.11 Å². The lowest BCUT2D eigenvalue weighted by Gasteiger charge is -2.20. The van der Waals surface area contributed by atoms with Crippen LogP contribution in [0.1, 0.15) is 18.1 Å². The van der Waals surface area contributed by atoms with Gasteiger partial charge in [0.2, 0.25) is 6.79 Å². The van der Waals surface area contributed by atoms with Crippen molar-refractivity contribution >= 4 is 5.97 Å². The van der Waals surface area contributed by atoms with E-state index >= 15 is 0 Å². The fourth-order valence-corrected chi connectivity index (χ4v) is 2.70. The van der Waals surface area contributed by atoms with Crippen molar-refractivity contribution in [2.75, 3.05) is 13.9 Å². The maximum atomic E-state index is 11.5. The Morgan fingerprint density at radius 2 is 2.10 bits per heavy atom. The molecule has 3 unspecified atom stereocenters. The lowest BCUT2D eigenvalue weighted by atomic mass is 10.0. The van der Waals surface area contributed by atoms with Gasteiger partial charge < -0.3 is 23.7 Å². The van der Waals surface area contributed by atoms with E-state index in [-0.39, 0.29) is 31.1 Å². The summed E-state index contributed by atoms with van der Waals surface area (Å²) in [6.07, 6.45) is 1.36. The zero-order chi connectivity index (χ0) is 14.4. The average Bonchev–Trinajstić information content (AvgIpc) is 3.16. The molecular weight excluding hydrogens is 276 g/mol. The summed E-state index contributed by atoms with van der Waals surface area (Å²) in [5, 5.41) is 0. The third kappa shape index (κ3) is 2.21. The maximum Gasteiger partial charge on any atom is 0.334 e. The van der Waals surface area contributed by atoms with Crippen LogP contribution in [0.3, 0.4) is 0 Å². The molecule has 1 saturated heterocycles. The van der Waals surface area contributed by atoms with Crippen molar-refractivity contribution in [3.05, 3.63) is 35.6 Å². The molecule has 3 heterocycles. The molecule has 3 aliphatic heterocycles. The Bertz CT molecular complexity index is 623. The van der Waals surface area contributed by atoms with E-state index in [0.717, 1.165) is 17.1 Å². The quantitative estimate of drug-likeness (QED) is 0.623. The first-order valence-electron chi connectivity index (χ1n) is 6.75. The number of rotatable bonds is 3. The summed E-state index contributed by atoms with van der Waals surface area (Å²) in [4.78, 5) is 11.5. The van der Waals surface area contributed by atoms with Crippen LogP contribution in [-0.4, -0.2) is 32.1 Å². The monoisotopic (exact) mass is 290 g/mol. The summed E-state index contributed by atoms with van der Waals surface area (Å²) in [5.41, 5.74) is 0.994. The molecule has 0 aromatic heterocycles. The number of hydrogen-bond acceptors (Lipinski definition) is 6. The van der Waals surface area contributed by atoms with E-state index in [0.29, 0.717) is 12.2 Å². The van der Waals surface area contributed by atoms with Crippen molar-refractivity contribution < 1.29 is 28.5 Å². The first kappa shape index (κ1) is 12.5. The predicted molar refractivity (Wildman–Crippen MR) is 69.8 cm³/mol. The van der Waals surface area contributed by atoms with Gasteiger partial charge in [-0.3, -0.25) is 0 Å². The van der Waals surface area contributed by atoms with Gasteiger partial charge >= 0.3 is 5.97 Å². The van der Waals surface area contributed by atoms with Gasteiger partial charge in [-0.2, -0.15) is 0 Å². The van der Waals surface area contributed by atoms with Gasteiger partial charge in [-0.15, -0.1) is 0 Å². The molecule has 6 nitrogen and oxygen atoms in total. The second-order valence-electron chi connectivity index (χ2n) is 5.13. The molecule has 1 aromatic rings. The molecule has 1 fully saturated rings. The molecule has 21 heavy (non-hydrogen) atoms. The number of ether oxygens (including phenoxy) is 5. The van der Waals surface area contributed by atoms with E-state index in [4.69, 9.17) is 23.7 Å². The largest absolute Gasteiger partial charge is 0.501 e. The highest BCUT2D eigenvalue weighted by molar-refractivity contribution is 5.83. The smallest absolute Gasteiger partial charge is 0.334 e. The molecule has 0 bridgehead atoms. The number of fused-ring (bicyclic) bond motifs is 1. The van der Waals surface area contributed by atoms with E-state index in [1.807, 2.05) is 18.2 Å². The first-order valence-corrected chi connectivity index (χ1v) is 6.75. The Morgan fingerprint density at radius 1 is 1.24 bits per heavy atom. The van der Waals surface area contributed by atoms with Gasteiger partial charge in [0.05, 0.1) is 13.2 Å². The molecule has 0 N–H and O–H groups in total. The van der Waals surface area contributed by atoms with Crippen LogP contribution in [0.2, 0.25) is 0 Å². The van der Waals surface area contributed by atoms with Crippen LogP contribution in [0.5, 0.6) is 11.5 Å². The van der Waals surface area contributed by atoms with Crippen LogP contribution >= 0.6 is 0 Å². The van der Waals surface area contributed by atoms with Crippen LogP contribution < -0.4 is 9.47 Å². The zero-order valence-corrected chi connectivity index (χ0v) is 11.4. The highest BCUT2D eigenvalue weighted by Gasteiger charge is 2.49. The van der Waals surface area contributed by atoms with Crippen molar-refractivity contribution in [3.63, 3.8) is 0 Å². The molecule has 4 rings (SSSR count). The molecule has 0 spiro atoms. The minimum absolute atomic E-state index is 0.0893. The second-order valence-corrected chi connectivity index (χ2v) is 5.13. The van der Waals surface area contributed by atoms with E-state index < -0.39 is 0 Å². The molecule has 0 aliphatic carbocycles. The molecule has 0 saturated carbocycles. The van der Waals surface area contributed by atoms with Crippen LogP contribution in [0.4, 0.5) is 0 Å². The second kappa shape index (κ2) is 4.66. The van der Waals surface area contributed by atoms with Gasteiger partial charge in [0.15, 0.2) is 11.5 Å². The molecule has 1 aromatic carbocycles. The van der Waals surface area contributed by atoms with E-state index in [9.17, 15) is 4.79 Å². The maximum absolute atomic E-state index is 11.5. The fourth-order valence-electron chi connectivity index (χ4n) is 2.70. The third-order valence-corrected chi connectivity index (χ3v) is 3.83. The molecule has 3 atom stereocenters. The number of methoxy groups -OCH3 is 1. The summed E-state index contributed by atoms with van der Waals surface area (Å²) in [6.45, 7) is 0.246. The van der Waals surface area contributed by atoms with Crippen LogP contribution in [0, 0.1) is 0 Å². The average molecular weight is 290 g/mol. The summed E-state index contributed by atoms with van der Waals surface area (Å²) >= 11 is 0. The molecule has 6 heteroatoms. The Balaban J connectivity index is 1.48. The Hall–Kier alpha value is -2.21. The number of esters is 1. The van der Waals surface area contributed by atoms with Crippen molar-refractivity contribution in [2.24, 2.45) is 0 Å². The molecular formula is C15H14O6. The standard InChI is InChI=1S/C15H14O6/c1-17-9-5-12(20-13(16)6-9)15-14(21-15)8-2-3-10-11(4-8)19-7-18-10/h2-4,6,12,14-15H,5,7H2,1H3. The fraction of sp³-hybridized carbons (Fsp3) is 0.400. The van der Waals surface area contributed by atoms with E-state index in [1.165, 1.54) is 6.08 Å². The minimum atomic E-state index is -0.386. The van der Waals surface area contributed by atoms with Crippen LogP contribution in [-0.2, 0) is 19.0 Å². The van der Waals surface area contributed by atoms with Gasteiger partial charge in [0, 0.05) is 6.42 Å². The number of cyclic esters (lactones) is 1. The topological polar surface area (TPSA) is 66.5 Å². The Kier molecular flexibility index (Phi) is 2.78. The third-order valence-electron chi connectivity index (χ3n) is 3.83. The van der Waals surface area contributed by atoms with Crippen LogP contribution in [0.15, 0.2) is 30.0 Å². The number of benzene rings is 1. The molecule has 0 radical (unpaired) electrons. The van der Waals surface area contributed by atoms with E-state index in [2.05, 4.69) is 0 Å². The molecule has 110 valence electrons. The highest BCUT2D eigenvalue weighted by Crippen LogP contribution is 2.46. The summed E-state index contributed by atoms with van der Waals surface area (Å²) in [6, 6.07) is 5.71. The van der Waals surface area contributed by atoms with Gasteiger partial charge in [-0.05, 0) is 17.7 Å². The number of hydrogen-bond donors (Lipinski definition) is 0. The van der Waals surface area contributed by atoms with Gasteiger partial charge in [0.1, 0.15) is 24.1 Å². The van der Waals surface area contributed by atoms with Crippen molar-refractivity contribution in [1.29, 1.82) is 0 Å². The summed E-state index contributed by atoms with van der Waals surface area (Å²) in [7, 11) is 1.55. The zero-order valence-electron chi connectivity index (χ0n) is 11.4. The van der Waals surface area contributed by atoms with Gasteiger partial charge in [-0.25, -0.2) is 4.79 Å². The number of carbonyl (C=O) groups excluding carboxylic acids is 1. The first-order chi connectivity index (χ1) is 10.2. The van der Waals surface area contributed by atoms with Crippen LogP contribution in [0.25, 0.3) is 0 Å². The summed E-state index contributed by atoms with van der Waals surface area (Å²) < 4.78 is 26.8. The summed E-state index contributed by atoms with van der Waals surface area (Å²) in [5.74, 6) is 1.70. The number of epoxide rings is 1. The lowest BCUT2D eigenvalue weighted by Crippen LogP contribution is -2.28. The minimum Gasteiger partial charge on any atom is -0.501 e. The van der Waals surface area contributed by atoms with Crippen molar-refractivity contribution in [2.45, 2.75) is 24.7 Å². The molecule has 3 aliphatic rings. The lowest BCUT2D eigenvalue weighted by molar-refractivity contribution is -0.146. The SMILES string of the molecule is COC1=CC(=O)OC(C2OC2c2ccc3c(c2)OCO3)C1. The number of carbonyl (C=O) groups is 1. The van der Waals surface area contributed by atoms with Crippen molar-refractivity contribution in [1.82, 2.24) is 0 Å². The van der Waals surface area contributed by atoms with Gasteiger partial charge in [-0.1, -0.05) is 6.07 Å². The predicted octanol–water partition coefficient (Wildman–Crippen LogP) is 1.70. The van der Waals surface area contributed by atoms with Gasteiger partial charge in [0.25, 0.3) is 0 Å².